The zero-order valence-electron chi connectivity index (χ0n) is 8.46. The highest BCUT2D eigenvalue weighted by Crippen LogP contribution is 2.43. The first-order valence-corrected chi connectivity index (χ1v) is 8.40. The van der Waals surface area contributed by atoms with E-state index in [1.54, 1.807) is 0 Å². The summed E-state index contributed by atoms with van der Waals surface area (Å²) in [5, 5.41) is 1.35. The lowest BCUT2D eigenvalue weighted by atomic mass is 10.1. The molecule has 2 atom stereocenters. The molecule has 0 aliphatic carbocycles. The molecule has 0 amide bonds. The van der Waals surface area contributed by atoms with Gasteiger partial charge >= 0.3 is 0 Å². The van der Waals surface area contributed by atoms with Gasteiger partial charge in [-0.25, -0.2) is 0 Å². The Hall–Kier alpha value is 0.01000. The SMILES string of the molecule is C=CC(SSCC1CS1)c1ccccc1. The van der Waals surface area contributed by atoms with Gasteiger partial charge in [-0.3, -0.25) is 0 Å². The van der Waals surface area contributed by atoms with Crippen LogP contribution < -0.4 is 0 Å². The second-order valence-corrected chi connectivity index (χ2v) is 7.29. The normalized spacial score (nSPS) is 20.9. The lowest BCUT2D eigenvalue weighted by molar-refractivity contribution is 1.24. The fourth-order valence-electron chi connectivity index (χ4n) is 1.23. The van der Waals surface area contributed by atoms with E-state index in [4.69, 9.17) is 0 Å². The second-order valence-electron chi connectivity index (χ2n) is 3.40. The highest BCUT2D eigenvalue weighted by Gasteiger charge is 2.22. The molecule has 3 heteroatoms. The first-order valence-electron chi connectivity index (χ1n) is 4.97. The first kappa shape index (κ1) is 11.5. The molecule has 0 saturated carbocycles. The van der Waals surface area contributed by atoms with Crippen LogP contribution in [0.1, 0.15) is 10.8 Å². The monoisotopic (exact) mass is 254 g/mol. The minimum absolute atomic E-state index is 0.431. The van der Waals surface area contributed by atoms with Crippen molar-refractivity contribution in [2.24, 2.45) is 0 Å². The van der Waals surface area contributed by atoms with Crippen LogP contribution in [0.15, 0.2) is 43.0 Å². The molecule has 15 heavy (non-hydrogen) atoms. The first-order chi connectivity index (χ1) is 7.40. The van der Waals surface area contributed by atoms with Crippen LogP contribution in [0.25, 0.3) is 0 Å². The molecule has 0 bridgehead atoms. The maximum Gasteiger partial charge on any atom is 0.0578 e. The minimum atomic E-state index is 0.431. The Bertz CT molecular complexity index is 306. The summed E-state index contributed by atoms with van der Waals surface area (Å²) in [6, 6.07) is 10.6. The van der Waals surface area contributed by atoms with E-state index in [1.807, 2.05) is 27.7 Å². The molecule has 1 heterocycles. The summed E-state index contributed by atoms with van der Waals surface area (Å²) >= 11 is 2.06. The van der Waals surface area contributed by atoms with Gasteiger partial charge in [0.25, 0.3) is 0 Å². The van der Waals surface area contributed by atoms with Crippen LogP contribution in [0.2, 0.25) is 0 Å². The molecular formula is C12H14S3. The lowest BCUT2D eigenvalue weighted by Gasteiger charge is -2.11. The highest BCUT2D eigenvalue weighted by atomic mass is 33.1. The van der Waals surface area contributed by atoms with Crippen molar-refractivity contribution in [2.75, 3.05) is 11.5 Å². The van der Waals surface area contributed by atoms with Crippen LogP contribution in [-0.2, 0) is 0 Å². The smallest absolute Gasteiger partial charge is 0.0578 e. The molecule has 1 aromatic carbocycles. The van der Waals surface area contributed by atoms with Crippen LogP contribution in [0, 0.1) is 0 Å². The summed E-state index contributed by atoms with van der Waals surface area (Å²) in [6.45, 7) is 3.91. The van der Waals surface area contributed by atoms with Gasteiger partial charge in [-0.2, -0.15) is 11.8 Å². The quantitative estimate of drug-likeness (QED) is 0.419. The third kappa shape index (κ3) is 3.82. The van der Waals surface area contributed by atoms with E-state index in [0.29, 0.717) is 5.25 Å². The Morgan fingerprint density at radius 1 is 1.47 bits per heavy atom. The van der Waals surface area contributed by atoms with Crippen molar-refractivity contribution < 1.29 is 0 Å². The van der Waals surface area contributed by atoms with Gasteiger partial charge in [-0.1, -0.05) is 58.0 Å². The van der Waals surface area contributed by atoms with E-state index in [-0.39, 0.29) is 0 Å². The van der Waals surface area contributed by atoms with Gasteiger partial charge in [-0.15, -0.1) is 6.58 Å². The molecule has 1 aliphatic rings. The molecule has 0 spiro atoms. The van der Waals surface area contributed by atoms with Gasteiger partial charge in [0.15, 0.2) is 0 Å². The highest BCUT2D eigenvalue weighted by molar-refractivity contribution is 8.76. The Morgan fingerprint density at radius 3 is 2.80 bits per heavy atom. The van der Waals surface area contributed by atoms with Crippen molar-refractivity contribution in [3.63, 3.8) is 0 Å². The van der Waals surface area contributed by atoms with Crippen molar-refractivity contribution in [3.8, 4) is 0 Å². The van der Waals surface area contributed by atoms with Crippen LogP contribution in [-0.4, -0.2) is 16.8 Å². The van der Waals surface area contributed by atoms with E-state index in [0.717, 1.165) is 5.25 Å². The van der Waals surface area contributed by atoms with Crippen LogP contribution in [0.5, 0.6) is 0 Å². The molecule has 0 radical (unpaired) electrons. The number of hydrogen-bond acceptors (Lipinski definition) is 3. The number of thioether (sulfide) groups is 1. The Kier molecular flexibility index (Phi) is 4.54. The zero-order chi connectivity index (χ0) is 10.5. The van der Waals surface area contributed by atoms with Gasteiger partial charge < -0.3 is 0 Å². The van der Waals surface area contributed by atoms with Crippen LogP contribution in [0.4, 0.5) is 0 Å². The summed E-state index contributed by atoms with van der Waals surface area (Å²) in [5.74, 6) is 2.63. The van der Waals surface area contributed by atoms with Gasteiger partial charge in [0.05, 0.1) is 5.25 Å². The number of rotatable bonds is 6. The predicted molar refractivity (Wildman–Crippen MR) is 75.7 cm³/mol. The van der Waals surface area contributed by atoms with Crippen LogP contribution >= 0.6 is 33.3 Å². The summed E-state index contributed by atoms with van der Waals surface area (Å²) in [4.78, 5) is 0. The topological polar surface area (TPSA) is 0 Å². The predicted octanol–water partition coefficient (Wildman–Crippen LogP) is 4.41. The van der Waals surface area contributed by atoms with Crippen molar-refractivity contribution in [3.05, 3.63) is 48.6 Å². The van der Waals surface area contributed by atoms with Gasteiger partial charge in [0, 0.05) is 16.8 Å². The summed E-state index contributed by atoms with van der Waals surface area (Å²) in [7, 11) is 3.90. The summed E-state index contributed by atoms with van der Waals surface area (Å²) < 4.78 is 0. The molecule has 0 aromatic heterocycles. The van der Waals surface area contributed by atoms with Crippen molar-refractivity contribution in [1.82, 2.24) is 0 Å². The van der Waals surface area contributed by atoms with Gasteiger partial charge in [-0.05, 0) is 5.56 Å². The lowest BCUT2D eigenvalue weighted by Crippen LogP contribution is -1.89. The summed E-state index contributed by atoms with van der Waals surface area (Å²) in [5.41, 5.74) is 1.36. The standard InChI is InChI=1S/C12H14S3/c1-2-12(10-6-4-3-5-7-10)15-14-9-11-8-13-11/h2-7,11-12H,1,8-9H2. The van der Waals surface area contributed by atoms with E-state index in [9.17, 15) is 0 Å². The fraction of sp³-hybridized carbons (Fsp3) is 0.333. The van der Waals surface area contributed by atoms with Crippen molar-refractivity contribution in [1.29, 1.82) is 0 Å². The van der Waals surface area contributed by atoms with Crippen LogP contribution in [0.3, 0.4) is 0 Å². The van der Waals surface area contributed by atoms with E-state index >= 15 is 0 Å². The minimum Gasteiger partial charge on any atom is -0.156 e. The van der Waals surface area contributed by atoms with Gasteiger partial charge in [0.2, 0.25) is 0 Å². The Balaban J connectivity index is 1.83. The molecule has 2 unspecified atom stereocenters. The third-order valence-electron chi connectivity index (χ3n) is 2.17. The Morgan fingerprint density at radius 2 is 2.20 bits per heavy atom. The molecule has 2 rings (SSSR count). The molecule has 1 fully saturated rings. The van der Waals surface area contributed by atoms with Gasteiger partial charge in [0.1, 0.15) is 0 Å². The van der Waals surface area contributed by atoms with E-state index in [1.165, 1.54) is 17.1 Å². The molecule has 1 saturated heterocycles. The van der Waals surface area contributed by atoms with Crippen molar-refractivity contribution >= 4 is 33.3 Å². The molecule has 1 aliphatic heterocycles. The zero-order valence-corrected chi connectivity index (χ0v) is 10.9. The molecule has 80 valence electrons. The molecule has 0 nitrogen and oxygen atoms in total. The second kappa shape index (κ2) is 5.92. The average Bonchev–Trinajstić information content (AvgIpc) is 3.10. The maximum atomic E-state index is 3.91. The molecule has 1 aromatic rings. The third-order valence-corrected chi connectivity index (χ3v) is 6.14. The molecular weight excluding hydrogens is 240 g/mol. The van der Waals surface area contributed by atoms with E-state index < -0.39 is 0 Å². The maximum absolute atomic E-state index is 3.91. The molecule has 0 N–H and O–H groups in total. The Labute approximate surface area is 104 Å². The van der Waals surface area contributed by atoms with Crippen molar-refractivity contribution in [2.45, 2.75) is 10.5 Å². The largest absolute Gasteiger partial charge is 0.156 e. The average molecular weight is 254 g/mol. The fourth-order valence-corrected chi connectivity index (χ4v) is 5.06. The van der Waals surface area contributed by atoms with E-state index in [2.05, 4.69) is 48.7 Å². The number of hydrogen-bond donors (Lipinski definition) is 0. The number of benzene rings is 1. The summed E-state index contributed by atoms with van der Waals surface area (Å²) in [6.07, 6.45) is 2.03.